The largest absolute Gasteiger partial charge is 0.471 e. The van der Waals surface area contributed by atoms with Crippen LogP contribution >= 0.6 is 0 Å². The summed E-state index contributed by atoms with van der Waals surface area (Å²) in [7, 11) is 0. The van der Waals surface area contributed by atoms with E-state index in [4.69, 9.17) is 4.74 Å². The van der Waals surface area contributed by atoms with Crippen molar-refractivity contribution in [3.05, 3.63) is 66.1 Å². The van der Waals surface area contributed by atoms with E-state index in [1.54, 1.807) is 24.5 Å². The lowest BCUT2D eigenvalue weighted by Crippen LogP contribution is -2.59. The van der Waals surface area contributed by atoms with Gasteiger partial charge in [-0.3, -0.25) is 9.78 Å². The number of aryl methyl sites for hydroxylation is 1. The Morgan fingerprint density at radius 3 is 2.61 bits per heavy atom. The van der Waals surface area contributed by atoms with Gasteiger partial charge in [-0.25, -0.2) is 19.3 Å². The van der Waals surface area contributed by atoms with Crippen LogP contribution in [0.1, 0.15) is 35.3 Å². The molecule has 3 atom stereocenters. The van der Waals surface area contributed by atoms with Crippen LogP contribution in [0.25, 0.3) is 11.4 Å². The number of aromatic nitrogens is 4. The lowest BCUT2D eigenvalue weighted by Gasteiger charge is -2.49. The SMILES string of the molecule is Cc1cnc(OC2CC3CCC2N(C(=O)c2ccccc2-c2ncc(F)cn2)C3)cn1. The number of carbonyl (C=O) groups excluding carboxylic acids is 1. The summed E-state index contributed by atoms with van der Waals surface area (Å²) in [5, 5.41) is 0. The summed E-state index contributed by atoms with van der Waals surface area (Å²) in [6.45, 7) is 2.57. The van der Waals surface area contributed by atoms with Crippen LogP contribution in [0.3, 0.4) is 0 Å². The number of carbonyl (C=O) groups is 1. The van der Waals surface area contributed by atoms with E-state index in [0.717, 1.165) is 37.4 Å². The normalized spacial score (nSPS) is 22.4. The number of fused-ring (bicyclic) bond motifs is 3. The highest BCUT2D eigenvalue weighted by Gasteiger charge is 2.44. The van der Waals surface area contributed by atoms with Crippen molar-refractivity contribution in [2.24, 2.45) is 5.92 Å². The van der Waals surface area contributed by atoms with Crippen LogP contribution in [-0.4, -0.2) is 49.4 Å². The second-order valence-electron chi connectivity index (χ2n) is 8.13. The number of ether oxygens (including phenoxy) is 1. The van der Waals surface area contributed by atoms with Crippen molar-refractivity contribution in [3.63, 3.8) is 0 Å². The molecule has 7 nitrogen and oxygen atoms in total. The van der Waals surface area contributed by atoms with Gasteiger partial charge >= 0.3 is 0 Å². The fraction of sp³-hybridized carbons (Fsp3) is 0.348. The Morgan fingerprint density at radius 2 is 1.87 bits per heavy atom. The predicted octanol–water partition coefficient (Wildman–Crippen LogP) is 3.45. The third-order valence-corrected chi connectivity index (χ3v) is 6.03. The molecule has 2 bridgehead atoms. The standard InChI is InChI=1S/C23H22FN5O2/c1-14-9-26-21(12-25-14)31-20-8-15-6-7-19(20)29(13-15)23(30)18-5-3-2-4-17(18)22-27-10-16(24)11-28-22/h2-5,9-12,15,19-20H,6-8,13H2,1H3. The Morgan fingerprint density at radius 1 is 1.06 bits per heavy atom. The smallest absolute Gasteiger partial charge is 0.254 e. The first-order valence-electron chi connectivity index (χ1n) is 10.4. The van der Waals surface area contributed by atoms with Crippen molar-refractivity contribution in [1.29, 1.82) is 0 Å². The Balaban J connectivity index is 1.42. The van der Waals surface area contributed by atoms with Crippen LogP contribution < -0.4 is 4.74 Å². The van der Waals surface area contributed by atoms with E-state index >= 15 is 0 Å². The van der Waals surface area contributed by atoms with Crippen molar-refractivity contribution in [2.75, 3.05) is 6.54 Å². The third-order valence-electron chi connectivity index (χ3n) is 6.03. The van der Waals surface area contributed by atoms with Gasteiger partial charge in [-0.05, 0) is 38.2 Å². The molecule has 3 aliphatic rings. The molecule has 0 spiro atoms. The van der Waals surface area contributed by atoms with E-state index in [2.05, 4.69) is 19.9 Å². The van der Waals surface area contributed by atoms with E-state index in [-0.39, 0.29) is 18.1 Å². The molecule has 2 saturated heterocycles. The van der Waals surface area contributed by atoms with Crippen molar-refractivity contribution < 1.29 is 13.9 Å². The second kappa shape index (κ2) is 8.02. The lowest BCUT2D eigenvalue weighted by atomic mass is 9.77. The van der Waals surface area contributed by atoms with Crippen molar-refractivity contribution in [3.8, 4) is 17.3 Å². The molecule has 3 aromatic rings. The first-order valence-corrected chi connectivity index (χ1v) is 10.4. The quantitative estimate of drug-likeness (QED) is 0.644. The Hall–Kier alpha value is -3.42. The summed E-state index contributed by atoms with van der Waals surface area (Å²) in [6.07, 6.45) is 8.27. The number of hydrogen-bond donors (Lipinski definition) is 0. The molecule has 2 aliphatic heterocycles. The maximum absolute atomic E-state index is 13.6. The maximum Gasteiger partial charge on any atom is 0.254 e. The number of halogens is 1. The van der Waals surface area contributed by atoms with E-state index in [1.807, 2.05) is 24.0 Å². The highest BCUT2D eigenvalue weighted by Crippen LogP contribution is 2.38. The minimum absolute atomic E-state index is 0.0391. The molecule has 1 aliphatic carbocycles. The van der Waals surface area contributed by atoms with Gasteiger partial charge in [0.05, 0.1) is 42.1 Å². The highest BCUT2D eigenvalue weighted by atomic mass is 19.1. The fourth-order valence-corrected chi connectivity index (χ4v) is 4.56. The number of nitrogens with zero attached hydrogens (tertiary/aromatic N) is 5. The zero-order valence-electron chi connectivity index (χ0n) is 17.1. The Kier molecular flexibility index (Phi) is 5.05. The van der Waals surface area contributed by atoms with Crippen molar-refractivity contribution in [2.45, 2.75) is 38.3 Å². The molecule has 0 N–H and O–H groups in total. The van der Waals surface area contributed by atoms with Crippen LogP contribution in [0.5, 0.6) is 5.88 Å². The molecule has 3 fully saturated rings. The maximum atomic E-state index is 13.6. The fourth-order valence-electron chi connectivity index (χ4n) is 4.56. The zero-order valence-corrected chi connectivity index (χ0v) is 17.1. The molecule has 1 saturated carbocycles. The summed E-state index contributed by atoms with van der Waals surface area (Å²) in [5.74, 6) is 0.596. The van der Waals surface area contributed by atoms with Crippen LogP contribution in [0.2, 0.25) is 0 Å². The Bertz CT molecular complexity index is 1090. The van der Waals surface area contributed by atoms with Gasteiger partial charge in [-0.15, -0.1) is 0 Å². The van der Waals surface area contributed by atoms with Gasteiger partial charge < -0.3 is 9.64 Å². The summed E-state index contributed by atoms with van der Waals surface area (Å²) in [5.41, 5.74) is 1.93. The number of amides is 1. The monoisotopic (exact) mass is 419 g/mol. The molecule has 4 heterocycles. The average Bonchev–Trinajstić information content (AvgIpc) is 2.81. The predicted molar refractivity (Wildman–Crippen MR) is 111 cm³/mol. The van der Waals surface area contributed by atoms with Crippen LogP contribution in [0.15, 0.2) is 49.1 Å². The summed E-state index contributed by atoms with van der Waals surface area (Å²) in [6, 6.07) is 7.16. The molecule has 8 heteroatoms. The molecular formula is C23H22FN5O2. The van der Waals surface area contributed by atoms with Gasteiger partial charge in [0, 0.05) is 12.1 Å². The van der Waals surface area contributed by atoms with E-state index in [9.17, 15) is 9.18 Å². The number of rotatable bonds is 4. The average molecular weight is 419 g/mol. The van der Waals surface area contributed by atoms with Crippen molar-refractivity contribution >= 4 is 5.91 Å². The third kappa shape index (κ3) is 3.85. The first kappa shape index (κ1) is 19.5. The summed E-state index contributed by atoms with van der Waals surface area (Å²) < 4.78 is 19.4. The molecule has 6 rings (SSSR count). The number of benzene rings is 1. The van der Waals surface area contributed by atoms with E-state index in [0.29, 0.717) is 35.3 Å². The van der Waals surface area contributed by atoms with Gasteiger partial charge in [0.15, 0.2) is 11.6 Å². The van der Waals surface area contributed by atoms with Crippen LogP contribution in [0, 0.1) is 18.7 Å². The van der Waals surface area contributed by atoms with Gasteiger partial charge in [-0.1, -0.05) is 18.2 Å². The van der Waals surface area contributed by atoms with Crippen molar-refractivity contribution in [1.82, 2.24) is 24.8 Å². The zero-order chi connectivity index (χ0) is 21.4. The minimum atomic E-state index is -0.514. The Labute approximate surface area is 179 Å². The minimum Gasteiger partial charge on any atom is -0.471 e. The molecular weight excluding hydrogens is 397 g/mol. The lowest BCUT2D eigenvalue weighted by molar-refractivity contribution is -0.0314. The first-order chi connectivity index (χ1) is 15.1. The summed E-state index contributed by atoms with van der Waals surface area (Å²) >= 11 is 0. The molecule has 3 unspecified atom stereocenters. The summed E-state index contributed by atoms with van der Waals surface area (Å²) in [4.78, 5) is 32.2. The molecule has 31 heavy (non-hydrogen) atoms. The molecule has 2 aromatic heterocycles. The topological polar surface area (TPSA) is 81.1 Å². The van der Waals surface area contributed by atoms with Crippen LogP contribution in [0.4, 0.5) is 4.39 Å². The van der Waals surface area contributed by atoms with E-state index < -0.39 is 5.82 Å². The molecule has 1 aromatic carbocycles. The van der Waals surface area contributed by atoms with Gasteiger partial charge in [0.25, 0.3) is 5.91 Å². The van der Waals surface area contributed by atoms with Gasteiger partial charge in [-0.2, -0.15) is 0 Å². The number of piperidine rings is 2. The van der Waals surface area contributed by atoms with E-state index in [1.165, 1.54) is 0 Å². The number of hydrogen-bond acceptors (Lipinski definition) is 6. The second-order valence-corrected chi connectivity index (χ2v) is 8.13. The molecule has 158 valence electrons. The van der Waals surface area contributed by atoms with Gasteiger partial charge in [0.1, 0.15) is 6.10 Å². The molecule has 1 amide bonds. The van der Waals surface area contributed by atoms with Gasteiger partial charge in [0.2, 0.25) is 5.88 Å². The molecule has 0 radical (unpaired) electrons. The highest BCUT2D eigenvalue weighted by molar-refractivity contribution is 6.00. The van der Waals surface area contributed by atoms with Crippen LogP contribution in [-0.2, 0) is 0 Å².